The van der Waals surface area contributed by atoms with Crippen molar-refractivity contribution in [2.75, 3.05) is 6.61 Å². The molecule has 0 aliphatic rings. The molecule has 0 saturated heterocycles. The van der Waals surface area contributed by atoms with Crippen molar-refractivity contribution in [1.29, 1.82) is 0 Å². The highest BCUT2D eigenvalue weighted by Crippen LogP contribution is 2.09. The fraction of sp³-hybridized carbons (Fsp3) is 0.182. The Kier molecular flexibility index (Phi) is 7.48. The standard InChI is InChI=1S/C8H10O3.C3H4O2/c9-6-8(10)11-7-4-2-1-3-5-7;1-2-3(4)5/h1-5,8-10H,6H2;2H,1H2,(H,4,5). The summed E-state index contributed by atoms with van der Waals surface area (Å²) < 4.78 is 4.87. The number of ether oxygens (including phenoxy) is 1. The van der Waals surface area contributed by atoms with Gasteiger partial charge in [0, 0.05) is 6.08 Å². The zero-order chi connectivity index (χ0) is 12.4. The Bertz CT molecular complexity index is 309. The number of hydrogen-bond acceptors (Lipinski definition) is 4. The fourth-order valence-corrected chi connectivity index (χ4v) is 0.693. The summed E-state index contributed by atoms with van der Waals surface area (Å²) in [4.78, 5) is 9.25. The highest BCUT2D eigenvalue weighted by Gasteiger charge is 2.00. The van der Waals surface area contributed by atoms with Crippen molar-refractivity contribution in [2.45, 2.75) is 6.29 Å². The highest BCUT2D eigenvalue weighted by atomic mass is 16.6. The first kappa shape index (κ1) is 14.2. The van der Waals surface area contributed by atoms with Crippen LogP contribution in [-0.4, -0.2) is 34.2 Å². The summed E-state index contributed by atoms with van der Waals surface area (Å²) in [6, 6.07) is 8.84. The molecule has 0 heterocycles. The van der Waals surface area contributed by atoms with Gasteiger partial charge in [0.2, 0.25) is 6.29 Å². The molecule has 1 aromatic carbocycles. The van der Waals surface area contributed by atoms with Crippen molar-refractivity contribution in [3.63, 3.8) is 0 Å². The number of carboxylic acids is 1. The third-order valence-electron chi connectivity index (χ3n) is 1.35. The average Bonchev–Trinajstić information content (AvgIpc) is 2.31. The van der Waals surface area contributed by atoms with E-state index in [1.54, 1.807) is 24.3 Å². The number of para-hydroxylation sites is 1. The van der Waals surface area contributed by atoms with Gasteiger partial charge in [-0.1, -0.05) is 24.8 Å². The maximum atomic E-state index is 9.25. The first-order valence-corrected chi connectivity index (χ1v) is 4.46. The van der Waals surface area contributed by atoms with Gasteiger partial charge in [0.05, 0.1) is 0 Å². The third kappa shape index (κ3) is 7.54. The van der Waals surface area contributed by atoms with Crippen LogP contribution in [0.4, 0.5) is 0 Å². The molecule has 0 saturated carbocycles. The molecule has 0 amide bonds. The molecule has 0 aliphatic carbocycles. The van der Waals surface area contributed by atoms with Crippen LogP contribution in [0.15, 0.2) is 43.0 Å². The van der Waals surface area contributed by atoms with E-state index in [4.69, 9.17) is 20.1 Å². The third-order valence-corrected chi connectivity index (χ3v) is 1.35. The minimum absolute atomic E-state index is 0.394. The van der Waals surface area contributed by atoms with E-state index in [9.17, 15) is 4.79 Å². The molecule has 0 aliphatic heterocycles. The zero-order valence-corrected chi connectivity index (χ0v) is 8.61. The van der Waals surface area contributed by atoms with Crippen LogP contribution in [-0.2, 0) is 4.79 Å². The number of benzene rings is 1. The van der Waals surface area contributed by atoms with Crippen molar-refractivity contribution in [2.24, 2.45) is 0 Å². The van der Waals surface area contributed by atoms with Crippen molar-refractivity contribution in [3.05, 3.63) is 43.0 Å². The molecule has 1 aromatic rings. The lowest BCUT2D eigenvalue weighted by Crippen LogP contribution is -2.19. The largest absolute Gasteiger partial charge is 0.478 e. The second-order valence-corrected chi connectivity index (χ2v) is 2.61. The van der Waals surface area contributed by atoms with Crippen LogP contribution in [0.2, 0.25) is 0 Å². The van der Waals surface area contributed by atoms with Crippen molar-refractivity contribution >= 4 is 5.97 Å². The molecular weight excluding hydrogens is 212 g/mol. The Morgan fingerprint density at radius 1 is 1.44 bits per heavy atom. The van der Waals surface area contributed by atoms with Crippen molar-refractivity contribution < 1.29 is 24.9 Å². The van der Waals surface area contributed by atoms with Crippen LogP contribution in [0, 0.1) is 0 Å². The molecular formula is C11H14O5. The van der Waals surface area contributed by atoms with E-state index < -0.39 is 18.9 Å². The molecule has 0 fully saturated rings. The van der Waals surface area contributed by atoms with Gasteiger partial charge in [0.25, 0.3) is 0 Å². The molecule has 16 heavy (non-hydrogen) atoms. The van der Waals surface area contributed by atoms with E-state index in [1.165, 1.54) is 0 Å². The molecule has 1 atom stereocenters. The minimum atomic E-state index is -1.13. The highest BCUT2D eigenvalue weighted by molar-refractivity contribution is 5.78. The predicted molar refractivity (Wildman–Crippen MR) is 58.0 cm³/mol. The van der Waals surface area contributed by atoms with Gasteiger partial charge in [-0.2, -0.15) is 0 Å². The number of aliphatic hydroxyl groups is 2. The number of aliphatic carboxylic acids is 1. The molecule has 1 unspecified atom stereocenters. The van der Waals surface area contributed by atoms with Crippen molar-refractivity contribution in [3.8, 4) is 5.75 Å². The van der Waals surface area contributed by atoms with Gasteiger partial charge >= 0.3 is 5.97 Å². The second-order valence-electron chi connectivity index (χ2n) is 2.61. The average molecular weight is 226 g/mol. The van der Waals surface area contributed by atoms with Gasteiger partial charge in [-0.25, -0.2) is 4.79 Å². The Hall–Kier alpha value is -1.85. The van der Waals surface area contributed by atoms with E-state index >= 15 is 0 Å². The summed E-state index contributed by atoms with van der Waals surface area (Å²) in [5.74, 6) is -0.431. The maximum absolute atomic E-state index is 9.25. The second kappa shape index (κ2) is 8.46. The van der Waals surface area contributed by atoms with Gasteiger partial charge < -0.3 is 20.1 Å². The van der Waals surface area contributed by atoms with E-state index in [-0.39, 0.29) is 0 Å². The molecule has 5 heteroatoms. The van der Waals surface area contributed by atoms with Crippen LogP contribution in [0.5, 0.6) is 5.75 Å². The molecule has 0 bridgehead atoms. The summed E-state index contributed by atoms with van der Waals surface area (Å²) in [5.41, 5.74) is 0. The fourth-order valence-electron chi connectivity index (χ4n) is 0.693. The Morgan fingerprint density at radius 2 is 1.94 bits per heavy atom. The molecule has 0 aromatic heterocycles. The Labute approximate surface area is 93.2 Å². The number of carbonyl (C=O) groups is 1. The van der Waals surface area contributed by atoms with E-state index in [2.05, 4.69) is 6.58 Å². The zero-order valence-electron chi connectivity index (χ0n) is 8.61. The van der Waals surface area contributed by atoms with Crippen molar-refractivity contribution in [1.82, 2.24) is 0 Å². The molecule has 0 radical (unpaired) electrons. The van der Waals surface area contributed by atoms with Gasteiger partial charge in [0.15, 0.2) is 0 Å². The number of carboxylic acid groups (broad SMARTS) is 1. The molecule has 0 spiro atoms. The van der Waals surface area contributed by atoms with E-state index in [0.29, 0.717) is 5.75 Å². The first-order chi connectivity index (χ1) is 7.60. The van der Waals surface area contributed by atoms with E-state index in [0.717, 1.165) is 6.08 Å². The lowest BCUT2D eigenvalue weighted by atomic mass is 10.3. The SMILES string of the molecule is C=CC(=O)O.OCC(O)Oc1ccccc1. The van der Waals surface area contributed by atoms with Gasteiger partial charge in [-0.3, -0.25) is 0 Å². The van der Waals surface area contributed by atoms with Crippen LogP contribution in [0.3, 0.4) is 0 Å². The van der Waals surface area contributed by atoms with Crippen LogP contribution < -0.4 is 4.74 Å². The summed E-state index contributed by atoms with van der Waals surface area (Å²) in [5, 5.41) is 24.9. The summed E-state index contributed by atoms with van der Waals surface area (Å²) >= 11 is 0. The monoisotopic (exact) mass is 226 g/mol. The van der Waals surface area contributed by atoms with Gasteiger partial charge in [-0.15, -0.1) is 0 Å². The van der Waals surface area contributed by atoms with E-state index in [1.807, 2.05) is 6.07 Å². The number of aliphatic hydroxyl groups excluding tert-OH is 2. The van der Waals surface area contributed by atoms with Crippen LogP contribution >= 0.6 is 0 Å². The molecule has 5 nitrogen and oxygen atoms in total. The topological polar surface area (TPSA) is 87.0 Å². The molecule has 3 N–H and O–H groups in total. The molecule has 88 valence electrons. The summed E-state index contributed by atoms with van der Waals surface area (Å²) in [6.45, 7) is 2.57. The molecule has 1 rings (SSSR count). The number of rotatable bonds is 4. The maximum Gasteiger partial charge on any atom is 0.327 e. The summed E-state index contributed by atoms with van der Waals surface area (Å²) in [6.07, 6.45) is -0.294. The van der Waals surface area contributed by atoms with Crippen LogP contribution in [0.25, 0.3) is 0 Å². The normalized spacial score (nSPS) is 10.6. The first-order valence-electron chi connectivity index (χ1n) is 4.46. The minimum Gasteiger partial charge on any atom is -0.478 e. The summed E-state index contributed by atoms with van der Waals surface area (Å²) in [7, 11) is 0. The smallest absolute Gasteiger partial charge is 0.327 e. The Morgan fingerprint density at radius 3 is 2.31 bits per heavy atom. The Balaban J connectivity index is 0.000000385. The lowest BCUT2D eigenvalue weighted by molar-refractivity contribution is -0.131. The van der Waals surface area contributed by atoms with Gasteiger partial charge in [0.1, 0.15) is 12.4 Å². The number of hydrogen-bond donors (Lipinski definition) is 3. The predicted octanol–water partition coefficient (Wildman–Crippen LogP) is 0.633. The lowest BCUT2D eigenvalue weighted by Gasteiger charge is -2.09. The van der Waals surface area contributed by atoms with Gasteiger partial charge in [-0.05, 0) is 12.1 Å². The van der Waals surface area contributed by atoms with Crippen LogP contribution in [0.1, 0.15) is 0 Å². The quantitative estimate of drug-likeness (QED) is 0.518.